The minimum absolute atomic E-state index is 0.0394. The Balaban J connectivity index is 2.15. The van der Waals surface area contributed by atoms with Gasteiger partial charge in [0.2, 0.25) is 0 Å². The van der Waals surface area contributed by atoms with Gasteiger partial charge in [-0.1, -0.05) is 24.8 Å². The van der Waals surface area contributed by atoms with Gasteiger partial charge in [0.05, 0.1) is 16.0 Å². The van der Waals surface area contributed by atoms with Gasteiger partial charge in [-0.15, -0.1) is 0 Å². The molecule has 0 saturated heterocycles. The lowest BCUT2D eigenvalue weighted by Crippen LogP contribution is -2.12. The molecule has 0 atom stereocenters. The first kappa shape index (κ1) is 17.8. The van der Waals surface area contributed by atoms with E-state index in [1.165, 1.54) is 6.92 Å². The van der Waals surface area contributed by atoms with Crippen LogP contribution in [0.25, 0.3) is 22.0 Å². The molecule has 1 amide bonds. The third-order valence-corrected chi connectivity index (χ3v) is 5.60. The normalized spacial score (nSPS) is 11.5. The molecule has 0 saturated carbocycles. The lowest BCUT2D eigenvalue weighted by Gasteiger charge is -2.11. The van der Waals surface area contributed by atoms with Gasteiger partial charge < -0.3 is 10.7 Å². The van der Waals surface area contributed by atoms with E-state index in [4.69, 9.17) is 5.73 Å². The molecule has 0 spiro atoms. The second kappa shape index (κ2) is 6.34. The lowest BCUT2D eigenvalue weighted by molar-refractivity contribution is 0.100. The second-order valence-electron chi connectivity index (χ2n) is 6.13. The number of aromatic amines is 1. The van der Waals surface area contributed by atoms with E-state index in [9.17, 15) is 13.2 Å². The number of anilines is 1. The molecule has 0 fully saturated rings. The van der Waals surface area contributed by atoms with Crippen LogP contribution in [-0.2, 0) is 10.0 Å². The Morgan fingerprint density at radius 1 is 1.23 bits per heavy atom. The molecular weight excluding hydrogens is 350 g/mol. The summed E-state index contributed by atoms with van der Waals surface area (Å²) in [6.07, 6.45) is 1.81. The third-order valence-electron chi connectivity index (χ3n) is 4.18. The van der Waals surface area contributed by atoms with Crippen LogP contribution in [0.15, 0.2) is 54.1 Å². The Morgan fingerprint density at radius 2 is 1.96 bits per heavy atom. The minimum Gasteiger partial charge on any atom is -0.366 e. The standard InChI is InChI=1S/C19H19N3O3S/c1-11(2)26(24,25)22-14-6-4-5-13(9-14)15-7-8-16(19(20)23)18-17(15)12(3)10-21-18/h4-10,21-22H,1H2,2-3H3,(H2,20,23). The van der Waals surface area contributed by atoms with Crippen molar-refractivity contribution in [2.24, 2.45) is 5.73 Å². The van der Waals surface area contributed by atoms with E-state index in [2.05, 4.69) is 16.3 Å². The highest BCUT2D eigenvalue weighted by Crippen LogP contribution is 2.34. The summed E-state index contributed by atoms with van der Waals surface area (Å²) in [4.78, 5) is 14.8. The fourth-order valence-corrected chi connectivity index (χ4v) is 3.46. The quantitative estimate of drug-likeness (QED) is 0.641. The number of hydrogen-bond donors (Lipinski definition) is 3. The van der Waals surface area contributed by atoms with E-state index >= 15 is 0 Å². The number of primary amides is 1. The molecule has 0 bridgehead atoms. The number of nitrogens with one attached hydrogen (secondary N) is 2. The second-order valence-corrected chi connectivity index (χ2v) is 8.04. The van der Waals surface area contributed by atoms with Gasteiger partial charge >= 0.3 is 0 Å². The van der Waals surface area contributed by atoms with Gasteiger partial charge in [-0.2, -0.15) is 0 Å². The van der Waals surface area contributed by atoms with Crippen LogP contribution in [0, 0.1) is 6.92 Å². The van der Waals surface area contributed by atoms with Crippen LogP contribution in [0.1, 0.15) is 22.8 Å². The summed E-state index contributed by atoms with van der Waals surface area (Å²) >= 11 is 0. The zero-order valence-corrected chi connectivity index (χ0v) is 15.3. The number of sulfonamides is 1. The summed E-state index contributed by atoms with van der Waals surface area (Å²) in [6.45, 7) is 6.84. The number of rotatable bonds is 5. The van der Waals surface area contributed by atoms with Crippen LogP contribution in [0.4, 0.5) is 5.69 Å². The predicted octanol–water partition coefficient (Wildman–Crippen LogP) is 3.52. The number of H-pyrrole nitrogens is 1. The van der Waals surface area contributed by atoms with Crippen molar-refractivity contribution >= 4 is 32.5 Å². The van der Waals surface area contributed by atoms with Crippen LogP contribution < -0.4 is 10.5 Å². The number of carbonyl (C=O) groups is 1. The van der Waals surface area contributed by atoms with Crippen LogP contribution in [0.2, 0.25) is 0 Å². The molecule has 2 aromatic carbocycles. The molecule has 7 heteroatoms. The highest BCUT2D eigenvalue weighted by molar-refractivity contribution is 7.96. The Labute approximate surface area is 151 Å². The number of aromatic nitrogens is 1. The van der Waals surface area contributed by atoms with Gasteiger partial charge in [0.25, 0.3) is 15.9 Å². The van der Waals surface area contributed by atoms with E-state index < -0.39 is 15.9 Å². The Bertz CT molecular complexity index is 1140. The molecule has 3 rings (SSSR count). The zero-order valence-electron chi connectivity index (χ0n) is 14.5. The maximum absolute atomic E-state index is 12.0. The van der Waals surface area contributed by atoms with Gasteiger partial charge in [-0.3, -0.25) is 9.52 Å². The SMILES string of the molecule is C=C(C)S(=O)(=O)Nc1cccc(-c2ccc(C(N)=O)c3[nH]cc(C)c23)c1. The molecule has 0 unspecified atom stereocenters. The van der Waals surface area contributed by atoms with Crippen molar-refractivity contribution in [2.75, 3.05) is 4.72 Å². The minimum atomic E-state index is -3.62. The first-order chi connectivity index (χ1) is 12.2. The average Bonchev–Trinajstić information content (AvgIpc) is 2.96. The topological polar surface area (TPSA) is 105 Å². The summed E-state index contributed by atoms with van der Waals surface area (Å²) in [7, 11) is -3.62. The molecule has 4 N–H and O–H groups in total. The van der Waals surface area contributed by atoms with Crippen molar-refractivity contribution in [3.8, 4) is 11.1 Å². The van der Waals surface area contributed by atoms with Crippen molar-refractivity contribution in [3.63, 3.8) is 0 Å². The van der Waals surface area contributed by atoms with Crippen molar-refractivity contribution < 1.29 is 13.2 Å². The highest BCUT2D eigenvalue weighted by atomic mass is 32.2. The number of amides is 1. The van der Waals surface area contributed by atoms with Gasteiger partial charge in [0.15, 0.2) is 0 Å². The van der Waals surface area contributed by atoms with Crippen LogP contribution >= 0.6 is 0 Å². The maximum atomic E-state index is 12.0. The van der Waals surface area contributed by atoms with E-state index in [0.717, 1.165) is 22.1 Å². The number of aryl methyl sites for hydroxylation is 1. The maximum Gasteiger partial charge on any atom is 0.257 e. The van der Waals surface area contributed by atoms with Gasteiger partial charge in [-0.25, -0.2) is 8.42 Å². The molecular formula is C19H19N3O3S. The Kier molecular flexibility index (Phi) is 4.33. The van der Waals surface area contributed by atoms with Crippen molar-refractivity contribution in [2.45, 2.75) is 13.8 Å². The number of carbonyl (C=O) groups excluding carboxylic acids is 1. The summed E-state index contributed by atoms with van der Waals surface area (Å²) in [5, 5.41) is 0.876. The van der Waals surface area contributed by atoms with Gasteiger partial charge in [0, 0.05) is 17.3 Å². The molecule has 26 heavy (non-hydrogen) atoms. The Hall–Kier alpha value is -3.06. The van der Waals surface area contributed by atoms with E-state index in [-0.39, 0.29) is 4.91 Å². The van der Waals surface area contributed by atoms with Gasteiger partial charge in [-0.05, 0) is 48.7 Å². The average molecular weight is 369 g/mol. The monoisotopic (exact) mass is 369 g/mol. The summed E-state index contributed by atoms with van der Waals surface area (Å²) < 4.78 is 26.6. The molecule has 0 aliphatic rings. The molecule has 1 aromatic heterocycles. The first-order valence-corrected chi connectivity index (χ1v) is 9.38. The summed E-state index contributed by atoms with van der Waals surface area (Å²) in [5.41, 5.74) is 9.63. The predicted molar refractivity (Wildman–Crippen MR) is 104 cm³/mol. The van der Waals surface area contributed by atoms with Crippen LogP contribution in [0.3, 0.4) is 0 Å². The van der Waals surface area contributed by atoms with E-state index in [0.29, 0.717) is 16.8 Å². The van der Waals surface area contributed by atoms with Crippen LogP contribution in [0.5, 0.6) is 0 Å². The van der Waals surface area contributed by atoms with Crippen LogP contribution in [-0.4, -0.2) is 19.3 Å². The lowest BCUT2D eigenvalue weighted by atomic mass is 9.96. The number of nitrogens with two attached hydrogens (primary N) is 1. The highest BCUT2D eigenvalue weighted by Gasteiger charge is 2.16. The summed E-state index contributed by atoms with van der Waals surface area (Å²) in [6, 6.07) is 10.5. The molecule has 3 aromatic rings. The summed E-state index contributed by atoms with van der Waals surface area (Å²) in [5.74, 6) is -0.508. The smallest absolute Gasteiger partial charge is 0.257 e. The fraction of sp³-hybridized carbons (Fsp3) is 0.105. The molecule has 1 heterocycles. The molecule has 0 radical (unpaired) electrons. The number of allylic oxidation sites excluding steroid dienone is 1. The third kappa shape index (κ3) is 3.09. The van der Waals surface area contributed by atoms with E-state index in [1.54, 1.807) is 24.3 Å². The van der Waals surface area contributed by atoms with E-state index in [1.807, 2.05) is 25.3 Å². The van der Waals surface area contributed by atoms with Crippen molar-refractivity contribution in [3.05, 3.63) is 65.2 Å². The first-order valence-electron chi connectivity index (χ1n) is 7.90. The molecule has 0 aliphatic heterocycles. The number of benzene rings is 2. The molecule has 0 aliphatic carbocycles. The molecule has 6 nitrogen and oxygen atoms in total. The number of hydrogen-bond acceptors (Lipinski definition) is 3. The Morgan fingerprint density at radius 3 is 2.62 bits per heavy atom. The number of fused-ring (bicyclic) bond motifs is 1. The van der Waals surface area contributed by atoms with Crippen molar-refractivity contribution in [1.29, 1.82) is 0 Å². The zero-order chi connectivity index (χ0) is 19.1. The molecule has 134 valence electrons. The largest absolute Gasteiger partial charge is 0.366 e. The van der Waals surface area contributed by atoms with Gasteiger partial charge in [0.1, 0.15) is 0 Å². The fourth-order valence-electron chi connectivity index (χ4n) is 2.85. The van der Waals surface area contributed by atoms with Crippen molar-refractivity contribution in [1.82, 2.24) is 4.98 Å².